The van der Waals surface area contributed by atoms with Crippen molar-refractivity contribution < 1.29 is 4.79 Å². The lowest BCUT2D eigenvalue weighted by Crippen LogP contribution is -2.36. The Morgan fingerprint density at radius 3 is 2.94 bits per heavy atom. The second-order valence-corrected chi connectivity index (χ2v) is 4.33. The summed E-state index contributed by atoms with van der Waals surface area (Å²) in [7, 11) is 0. The standard InChI is InChI=1S/C14H17ClN2O/c1-3-8-16-10-14(18)17-13(4-2)11-6-5-7-12(15)9-11/h1,5-7,9,13,16H,4,8,10H2,2H3,(H,17,18). The van der Waals surface area contributed by atoms with Crippen LogP contribution < -0.4 is 10.6 Å². The highest BCUT2D eigenvalue weighted by Crippen LogP contribution is 2.19. The van der Waals surface area contributed by atoms with Gasteiger partial charge in [-0.1, -0.05) is 36.6 Å². The second kappa shape index (κ2) is 7.75. The van der Waals surface area contributed by atoms with Crippen LogP contribution in [0.1, 0.15) is 24.9 Å². The number of hydrogen-bond donors (Lipinski definition) is 2. The summed E-state index contributed by atoms with van der Waals surface area (Å²) in [5, 5.41) is 6.47. The molecule has 0 aliphatic carbocycles. The minimum absolute atomic E-state index is 0.0242. The summed E-state index contributed by atoms with van der Waals surface area (Å²) in [4.78, 5) is 11.7. The van der Waals surface area contributed by atoms with Crippen LogP contribution in [0.5, 0.6) is 0 Å². The minimum Gasteiger partial charge on any atom is -0.348 e. The highest BCUT2D eigenvalue weighted by molar-refractivity contribution is 6.30. The van der Waals surface area contributed by atoms with E-state index in [4.69, 9.17) is 18.0 Å². The van der Waals surface area contributed by atoms with Gasteiger partial charge in [-0.2, -0.15) is 0 Å². The van der Waals surface area contributed by atoms with Gasteiger partial charge in [0.15, 0.2) is 0 Å². The lowest BCUT2D eigenvalue weighted by molar-refractivity contribution is -0.121. The molecule has 0 bridgehead atoms. The van der Waals surface area contributed by atoms with E-state index in [1.165, 1.54) is 0 Å². The summed E-state index contributed by atoms with van der Waals surface area (Å²) in [6.45, 7) is 2.63. The first-order valence-electron chi connectivity index (χ1n) is 5.86. The second-order valence-electron chi connectivity index (χ2n) is 3.89. The Morgan fingerprint density at radius 1 is 1.56 bits per heavy atom. The van der Waals surface area contributed by atoms with E-state index in [0.29, 0.717) is 11.6 Å². The molecule has 96 valence electrons. The van der Waals surface area contributed by atoms with Gasteiger partial charge in [0.25, 0.3) is 0 Å². The van der Waals surface area contributed by atoms with Crippen LogP contribution in [-0.4, -0.2) is 19.0 Å². The maximum Gasteiger partial charge on any atom is 0.234 e. The van der Waals surface area contributed by atoms with Crippen LogP contribution in [-0.2, 0) is 4.79 Å². The van der Waals surface area contributed by atoms with Crippen molar-refractivity contribution in [3.63, 3.8) is 0 Å². The molecular weight excluding hydrogens is 248 g/mol. The van der Waals surface area contributed by atoms with Crippen LogP contribution in [0, 0.1) is 12.3 Å². The molecule has 0 saturated heterocycles. The third-order valence-electron chi connectivity index (χ3n) is 2.51. The number of carbonyl (C=O) groups is 1. The molecule has 3 nitrogen and oxygen atoms in total. The van der Waals surface area contributed by atoms with E-state index in [-0.39, 0.29) is 18.5 Å². The van der Waals surface area contributed by atoms with Crippen molar-refractivity contribution in [3.05, 3.63) is 34.9 Å². The van der Waals surface area contributed by atoms with Gasteiger partial charge >= 0.3 is 0 Å². The maximum atomic E-state index is 11.7. The van der Waals surface area contributed by atoms with Crippen molar-refractivity contribution in [3.8, 4) is 12.3 Å². The first-order valence-corrected chi connectivity index (χ1v) is 6.24. The third-order valence-corrected chi connectivity index (χ3v) is 2.74. The number of terminal acetylenes is 1. The molecule has 0 heterocycles. The van der Waals surface area contributed by atoms with Gasteiger partial charge in [-0.3, -0.25) is 10.1 Å². The quantitative estimate of drug-likeness (QED) is 0.611. The van der Waals surface area contributed by atoms with Crippen molar-refractivity contribution in [1.29, 1.82) is 0 Å². The predicted octanol–water partition coefficient (Wildman–Crippen LogP) is 2.13. The molecule has 0 aliphatic heterocycles. The molecule has 0 saturated carbocycles. The molecular formula is C14H17ClN2O. The fourth-order valence-corrected chi connectivity index (χ4v) is 1.84. The van der Waals surface area contributed by atoms with E-state index in [9.17, 15) is 4.79 Å². The SMILES string of the molecule is C#CCNCC(=O)NC(CC)c1cccc(Cl)c1. The zero-order chi connectivity index (χ0) is 13.4. The van der Waals surface area contributed by atoms with Gasteiger partial charge in [0, 0.05) is 5.02 Å². The first-order chi connectivity index (χ1) is 8.67. The van der Waals surface area contributed by atoms with Crippen LogP contribution in [0.4, 0.5) is 0 Å². The Bertz CT molecular complexity index is 440. The topological polar surface area (TPSA) is 41.1 Å². The highest BCUT2D eigenvalue weighted by Gasteiger charge is 2.12. The molecule has 1 aromatic carbocycles. The third kappa shape index (κ3) is 4.79. The van der Waals surface area contributed by atoms with Crippen LogP contribution in [0.25, 0.3) is 0 Å². The van der Waals surface area contributed by atoms with E-state index >= 15 is 0 Å². The fourth-order valence-electron chi connectivity index (χ4n) is 1.64. The summed E-state index contributed by atoms with van der Waals surface area (Å²) in [5.74, 6) is 2.35. The van der Waals surface area contributed by atoms with Crippen molar-refractivity contribution in [2.75, 3.05) is 13.1 Å². The lowest BCUT2D eigenvalue weighted by Gasteiger charge is -2.17. The molecule has 1 atom stereocenters. The Morgan fingerprint density at radius 2 is 2.33 bits per heavy atom. The molecule has 1 amide bonds. The normalized spacial score (nSPS) is 11.6. The Kier molecular flexibility index (Phi) is 6.27. The molecule has 4 heteroatoms. The molecule has 1 unspecified atom stereocenters. The van der Waals surface area contributed by atoms with Gasteiger partial charge in [0.05, 0.1) is 19.1 Å². The molecule has 2 N–H and O–H groups in total. The Hall–Kier alpha value is -1.50. The zero-order valence-electron chi connectivity index (χ0n) is 10.4. The van der Waals surface area contributed by atoms with E-state index in [1.807, 2.05) is 31.2 Å². The van der Waals surface area contributed by atoms with E-state index in [1.54, 1.807) is 0 Å². The van der Waals surface area contributed by atoms with Crippen LogP contribution in [0.3, 0.4) is 0 Å². The largest absolute Gasteiger partial charge is 0.348 e. The molecule has 0 fully saturated rings. The van der Waals surface area contributed by atoms with Gasteiger partial charge in [0.1, 0.15) is 0 Å². The van der Waals surface area contributed by atoms with Crippen molar-refractivity contribution >= 4 is 17.5 Å². The van der Waals surface area contributed by atoms with E-state index < -0.39 is 0 Å². The van der Waals surface area contributed by atoms with E-state index in [0.717, 1.165) is 12.0 Å². The molecule has 0 aliphatic rings. The summed E-state index contributed by atoms with van der Waals surface area (Å²) >= 11 is 5.94. The summed E-state index contributed by atoms with van der Waals surface area (Å²) in [6.07, 6.45) is 5.90. The first kappa shape index (κ1) is 14.6. The van der Waals surface area contributed by atoms with Gasteiger partial charge in [-0.15, -0.1) is 6.42 Å². The summed E-state index contributed by atoms with van der Waals surface area (Å²) < 4.78 is 0. The maximum absolute atomic E-state index is 11.7. The molecule has 18 heavy (non-hydrogen) atoms. The summed E-state index contributed by atoms with van der Waals surface area (Å²) in [5.41, 5.74) is 1.01. The van der Waals surface area contributed by atoms with Crippen LogP contribution in [0.2, 0.25) is 5.02 Å². The van der Waals surface area contributed by atoms with Gasteiger partial charge in [-0.05, 0) is 24.1 Å². The number of nitrogens with one attached hydrogen (secondary N) is 2. The van der Waals surface area contributed by atoms with Crippen molar-refractivity contribution in [2.24, 2.45) is 0 Å². The number of benzene rings is 1. The molecule has 0 spiro atoms. The number of hydrogen-bond acceptors (Lipinski definition) is 2. The number of halogens is 1. The number of rotatable bonds is 6. The molecule has 1 rings (SSSR count). The molecule has 1 aromatic rings. The molecule has 0 radical (unpaired) electrons. The predicted molar refractivity (Wildman–Crippen MR) is 74.3 cm³/mol. The van der Waals surface area contributed by atoms with Crippen LogP contribution in [0.15, 0.2) is 24.3 Å². The molecule has 0 aromatic heterocycles. The minimum atomic E-state index is -0.0722. The smallest absolute Gasteiger partial charge is 0.234 e. The fraction of sp³-hybridized carbons (Fsp3) is 0.357. The number of carbonyl (C=O) groups excluding carboxylic acids is 1. The Labute approximate surface area is 113 Å². The van der Waals surface area contributed by atoms with E-state index in [2.05, 4.69) is 16.6 Å². The van der Waals surface area contributed by atoms with Crippen LogP contribution >= 0.6 is 11.6 Å². The van der Waals surface area contributed by atoms with Crippen molar-refractivity contribution in [1.82, 2.24) is 10.6 Å². The average molecular weight is 265 g/mol. The Balaban J connectivity index is 2.57. The lowest BCUT2D eigenvalue weighted by atomic mass is 10.0. The number of amides is 1. The summed E-state index contributed by atoms with van der Waals surface area (Å²) in [6, 6.07) is 7.49. The van der Waals surface area contributed by atoms with Gasteiger partial charge < -0.3 is 5.32 Å². The monoisotopic (exact) mass is 264 g/mol. The van der Waals surface area contributed by atoms with Gasteiger partial charge in [0.2, 0.25) is 5.91 Å². The zero-order valence-corrected chi connectivity index (χ0v) is 11.1. The van der Waals surface area contributed by atoms with Crippen molar-refractivity contribution in [2.45, 2.75) is 19.4 Å². The van der Waals surface area contributed by atoms with Gasteiger partial charge in [-0.25, -0.2) is 0 Å². The average Bonchev–Trinajstić information content (AvgIpc) is 2.36. The highest BCUT2D eigenvalue weighted by atomic mass is 35.5.